The van der Waals surface area contributed by atoms with E-state index in [2.05, 4.69) is 49.7 Å². The molecule has 2 N–H and O–H groups in total. The van der Waals surface area contributed by atoms with E-state index < -0.39 is 0 Å². The highest BCUT2D eigenvalue weighted by molar-refractivity contribution is 5.33. The third-order valence-corrected chi connectivity index (χ3v) is 4.92. The van der Waals surface area contributed by atoms with E-state index in [9.17, 15) is 0 Å². The van der Waals surface area contributed by atoms with Gasteiger partial charge in [-0.1, -0.05) is 31.2 Å². The largest absolute Gasteiger partial charge is 0.322 e. The quantitative estimate of drug-likeness (QED) is 0.855. The van der Waals surface area contributed by atoms with E-state index >= 15 is 0 Å². The summed E-state index contributed by atoms with van der Waals surface area (Å²) in [6.07, 6.45) is 4.44. The van der Waals surface area contributed by atoms with Crippen LogP contribution in [0.4, 0.5) is 0 Å². The number of nitrogens with two attached hydrogens (primary N) is 1. The molecule has 1 aromatic carbocycles. The van der Waals surface area contributed by atoms with Crippen molar-refractivity contribution in [1.29, 1.82) is 0 Å². The lowest BCUT2D eigenvalue weighted by Gasteiger charge is -2.25. The van der Waals surface area contributed by atoms with Gasteiger partial charge in [-0.05, 0) is 56.2 Å². The monoisotopic (exact) mass is 283 g/mol. The lowest BCUT2D eigenvalue weighted by Crippen LogP contribution is -2.26. The lowest BCUT2D eigenvalue weighted by atomic mass is 9.97. The third-order valence-electron chi connectivity index (χ3n) is 4.92. The van der Waals surface area contributed by atoms with Crippen LogP contribution in [0.2, 0.25) is 0 Å². The Bertz CT molecular complexity index is 642. The van der Waals surface area contributed by atoms with Crippen LogP contribution in [0.5, 0.6) is 0 Å². The van der Waals surface area contributed by atoms with Gasteiger partial charge in [0.1, 0.15) is 0 Å². The SMILES string of the molecule is CCc1c(C)nn(C2CCCc3ccccc3C2N)c1C. The highest BCUT2D eigenvalue weighted by atomic mass is 15.3. The molecule has 0 bridgehead atoms. The van der Waals surface area contributed by atoms with Crippen LogP contribution in [0, 0.1) is 13.8 Å². The van der Waals surface area contributed by atoms with E-state index in [1.807, 2.05) is 0 Å². The molecule has 2 unspecified atom stereocenters. The molecule has 0 fully saturated rings. The fraction of sp³-hybridized carbons (Fsp3) is 0.500. The van der Waals surface area contributed by atoms with Crippen LogP contribution in [-0.4, -0.2) is 9.78 Å². The van der Waals surface area contributed by atoms with Crippen LogP contribution in [0.1, 0.15) is 59.9 Å². The standard InChI is InChI=1S/C18H25N3/c1-4-15-12(2)20-21(13(15)3)17-11-7-9-14-8-5-6-10-16(14)18(17)19/h5-6,8,10,17-18H,4,7,9,11,19H2,1-3H3. The first-order valence-corrected chi connectivity index (χ1v) is 8.01. The van der Waals surface area contributed by atoms with Gasteiger partial charge in [0.25, 0.3) is 0 Å². The summed E-state index contributed by atoms with van der Waals surface area (Å²) in [5.41, 5.74) is 13.1. The number of nitrogens with zero attached hydrogens (tertiary/aromatic N) is 2. The summed E-state index contributed by atoms with van der Waals surface area (Å²) in [5.74, 6) is 0. The molecule has 112 valence electrons. The number of rotatable bonds is 2. The Kier molecular flexibility index (Phi) is 3.85. The minimum atomic E-state index is 0.0337. The van der Waals surface area contributed by atoms with Crippen molar-refractivity contribution in [3.63, 3.8) is 0 Å². The van der Waals surface area contributed by atoms with Crippen molar-refractivity contribution in [3.8, 4) is 0 Å². The average molecular weight is 283 g/mol. The number of aryl methyl sites for hydroxylation is 2. The smallest absolute Gasteiger partial charge is 0.0715 e. The molecule has 0 saturated heterocycles. The fourth-order valence-electron chi connectivity index (χ4n) is 3.78. The number of hydrogen-bond donors (Lipinski definition) is 1. The second kappa shape index (κ2) is 5.64. The molecule has 3 heteroatoms. The maximum atomic E-state index is 6.63. The van der Waals surface area contributed by atoms with Crippen molar-refractivity contribution in [2.75, 3.05) is 0 Å². The number of aromatic nitrogens is 2. The Labute approximate surface area is 127 Å². The van der Waals surface area contributed by atoms with Crippen molar-refractivity contribution in [1.82, 2.24) is 9.78 Å². The zero-order valence-electron chi connectivity index (χ0n) is 13.3. The zero-order chi connectivity index (χ0) is 15.0. The van der Waals surface area contributed by atoms with Crippen molar-refractivity contribution in [2.45, 2.75) is 58.5 Å². The van der Waals surface area contributed by atoms with E-state index in [-0.39, 0.29) is 12.1 Å². The summed E-state index contributed by atoms with van der Waals surface area (Å²) in [6.45, 7) is 6.49. The summed E-state index contributed by atoms with van der Waals surface area (Å²) in [7, 11) is 0. The summed E-state index contributed by atoms with van der Waals surface area (Å²) in [5, 5.41) is 4.81. The van der Waals surface area contributed by atoms with Gasteiger partial charge in [0.05, 0.1) is 17.8 Å². The Hall–Kier alpha value is -1.61. The second-order valence-corrected chi connectivity index (χ2v) is 6.13. The Morgan fingerprint density at radius 3 is 2.76 bits per heavy atom. The zero-order valence-corrected chi connectivity index (χ0v) is 13.3. The maximum Gasteiger partial charge on any atom is 0.0715 e. The number of hydrogen-bond acceptors (Lipinski definition) is 2. The van der Waals surface area contributed by atoms with Gasteiger partial charge in [0.15, 0.2) is 0 Å². The normalized spacial score (nSPS) is 21.9. The molecule has 2 atom stereocenters. The van der Waals surface area contributed by atoms with Crippen LogP contribution in [0.3, 0.4) is 0 Å². The van der Waals surface area contributed by atoms with Crippen LogP contribution >= 0.6 is 0 Å². The van der Waals surface area contributed by atoms with Crippen molar-refractivity contribution >= 4 is 0 Å². The first-order chi connectivity index (χ1) is 10.1. The third kappa shape index (κ3) is 2.40. The van der Waals surface area contributed by atoms with Gasteiger partial charge in [0.2, 0.25) is 0 Å². The first kappa shape index (κ1) is 14.3. The fourth-order valence-corrected chi connectivity index (χ4v) is 3.78. The van der Waals surface area contributed by atoms with Crippen LogP contribution in [0.25, 0.3) is 0 Å². The van der Waals surface area contributed by atoms with Crippen LogP contribution in [-0.2, 0) is 12.8 Å². The van der Waals surface area contributed by atoms with E-state index in [1.54, 1.807) is 0 Å². The molecular formula is C18H25N3. The van der Waals surface area contributed by atoms with Crippen molar-refractivity contribution in [3.05, 3.63) is 52.3 Å². The van der Waals surface area contributed by atoms with Gasteiger partial charge in [0, 0.05) is 5.69 Å². The minimum absolute atomic E-state index is 0.0337. The van der Waals surface area contributed by atoms with E-state index in [4.69, 9.17) is 10.8 Å². The molecule has 1 aliphatic rings. The minimum Gasteiger partial charge on any atom is -0.322 e. The van der Waals surface area contributed by atoms with Gasteiger partial charge < -0.3 is 5.73 Å². The molecule has 21 heavy (non-hydrogen) atoms. The molecule has 1 aromatic heterocycles. The van der Waals surface area contributed by atoms with Crippen LogP contribution < -0.4 is 5.73 Å². The molecule has 3 rings (SSSR count). The molecule has 1 heterocycles. The molecule has 0 aliphatic heterocycles. The number of benzene rings is 1. The number of fused-ring (bicyclic) bond motifs is 1. The van der Waals surface area contributed by atoms with E-state index in [0.29, 0.717) is 0 Å². The molecule has 1 aliphatic carbocycles. The Balaban J connectivity index is 2.03. The summed E-state index contributed by atoms with van der Waals surface area (Å²) in [6, 6.07) is 8.92. The maximum absolute atomic E-state index is 6.63. The molecule has 0 spiro atoms. The van der Waals surface area contributed by atoms with Gasteiger partial charge in [-0.15, -0.1) is 0 Å². The van der Waals surface area contributed by atoms with Crippen LogP contribution in [0.15, 0.2) is 24.3 Å². The highest BCUT2D eigenvalue weighted by Gasteiger charge is 2.28. The summed E-state index contributed by atoms with van der Waals surface area (Å²) in [4.78, 5) is 0. The second-order valence-electron chi connectivity index (χ2n) is 6.13. The summed E-state index contributed by atoms with van der Waals surface area (Å²) < 4.78 is 2.20. The highest BCUT2D eigenvalue weighted by Crippen LogP contribution is 2.35. The van der Waals surface area contributed by atoms with Gasteiger partial charge in [-0.25, -0.2) is 0 Å². The predicted octanol–water partition coefficient (Wildman–Crippen LogP) is 3.64. The predicted molar refractivity (Wildman–Crippen MR) is 86.4 cm³/mol. The molecule has 2 aromatic rings. The molecule has 0 saturated carbocycles. The van der Waals surface area contributed by atoms with Crippen molar-refractivity contribution in [2.24, 2.45) is 5.73 Å². The molecular weight excluding hydrogens is 258 g/mol. The topological polar surface area (TPSA) is 43.8 Å². The Morgan fingerprint density at radius 1 is 1.29 bits per heavy atom. The lowest BCUT2D eigenvalue weighted by molar-refractivity contribution is 0.355. The summed E-state index contributed by atoms with van der Waals surface area (Å²) >= 11 is 0. The average Bonchev–Trinajstić information content (AvgIpc) is 2.67. The van der Waals surface area contributed by atoms with E-state index in [1.165, 1.54) is 28.8 Å². The van der Waals surface area contributed by atoms with Gasteiger partial charge in [-0.2, -0.15) is 5.10 Å². The van der Waals surface area contributed by atoms with E-state index in [0.717, 1.165) is 25.0 Å². The molecule has 0 radical (unpaired) electrons. The van der Waals surface area contributed by atoms with Gasteiger partial charge in [-0.3, -0.25) is 4.68 Å². The Morgan fingerprint density at radius 2 is 2.05 bits per heavy atom. The molecule has 0 amide bonds. The van der Waals surface area contributed by atoms with Gasteiger partial charge >= 0.3 is 0 Å². The van der Waals surface area contributed by atoms with Crippen molar-refractivity contribution < 1.29 is 0 Å². The first-order valence-electron chi connectivity index (χ1n) is 8.01. The molecule has 3 nitrogen and oxygen atoms in total.